The molecule has 0 saturated heterocycles. The summed E-state index contributed by atoms with van der Waals surface area (Å²) in [6, 6.07) is 58.1. The number of benzene rings is 8. The van der Waals surface area contributed by atoms with Crippen molar-refractivity contribution in [2.24, 2.45) is 0 Å². The van der Waals surface area contributed by atoms with Crippen molar-refractivity contribution in [2.45, 2.75) is 0 Å². The van der Waals surface area contributed by atoms with E-state index in [1.807, 2.05) is 18.4 Å². The van der Waals surface area contributed by atoms with Crippen LogP contribution in [0.1, 0.15) is 0 Å². The molecule has 2 nitrogen and oxygen atoms in total. The highest BCUT2D eigenvalue weighted by Crippen LogP contribution is 2.51. The number of fused-ring (bicyclic) bond motifs is 6. The summed E-state index contributed by atoms with van der Waals surface area (Å²) in [5.74, 6) is 0. The van der Waals surface area contributed by atoms with E-state index in [4.69, 9.17) is 8.83 Å². The highest BCUT2D eigenvalue weighted by atomic mass is 16.3. The summed E-state index contributed by atoms with van der Waals surface area (Å²) >= 11 is 0. The topological polar surface area (TPSA) is 26.3 Å². The number of para-hydroxylation sites is 1. The molecule has 0 aliphatic carbocycles. The number of hydrogen-bond donors (Lipinski definition) is 0. The SMILES string of the molecule is c1ccc(-c2cccc(-c3c4ccccc4c(-c4c5occ(-c6ccccc6)c5cc5oc6ccccc6c45)c4ccccc34)c2)cc1. The van der Waals surface area contributed by atoms with E-state index in [0.717, 1.165) is 55.2 Å². The first kappa shape index (κ1) is 26.8. The normalized spacial score (nSPS) is 11.8. The second kappa shape index (κ2) is 10.6. The molecule has 0 aliphatic rings. The predicted molar refractivity (Wildman–Crippen MR) is 200 cm³/mol. The number of rotatable bonds is 4. The zero-order valence-corrected chi connectivity index (χ0v) is 26.0. The molecule has 0 saturated carbocycles. The van der Waals surface area contributed by atoms with E-state index in [1.165, 1.54) is 43.8 Å². The Bertz CT molecular complexity index is 2760. The third kappa shape index (κ3) is 4.00. The van der Waals surface area contributed by atoms with Gasteiger partial charge in [0, 0.05) is 32.8 Å². The third-order valence-corrected chi connectivity index (χ3v) is 9.73. The molecule has 10 rings (SSSR count). The first-order valence-electron chi connectivity index (χ1n) is 16.3. The van der Waals surface area contributed by atoms with Crippen LogP contribution in [0.2, 0.25) is 0 Å². The monoisotopic (exact) mass is 612 g/mol. The molecule has 0 spiro atoms. The van der Waals surface area contributed by atoms with Crippen LogP contribution in [-0.2, 0) is 0 Å². The van der Waals surface area contributed by atoms with Crippen LogP contribution in [0.5, 0.6) is 0 Å². The van der Waals surface area contributed by atoms with Crippen LogP contribution in [0.4, 0.5) is 0 Å². The Morgan fingerprint density at radius 2 is 0.875 bits per heavy atom. The quantitative estimate of drug-likeness (QED) is 0.185. The van der Waals surface area contributed by atoms with Crippen LogP contribution in [0.3, 0.4) is 0 Å². The van der Waals surface area contributed by atoms with Gasteiger partial charge in [0.1, 0.15) is 16.7 Å². The molecule has 0 bridgehead atoms. The van der Waals surface area contributed by atoms with Gasteiger partial charge in [-0.05, 0) is 67.6 Å². The Labute approximate surface area is 277 Å². The fraction of sp³-hybridized carbons (Fsp3) is 0. The van der Waals surface area contributed by atoms with Crippen molar-refractivity contribution < 1.29 is 8.83 Å². The second-order valence-electron chi connectivity index (χ2n) is 12.4. The summed E-state index contributed by atoms with van der Waals surface area (Å²) in [7, 11) is 0. The minimum Gasteiger partial charge on any atom is -0.463 e. The first-order valence-corrected chi connectivity index (χ1v) is 16.3. The van der Waals surface area contributed by atoms with E-state index in [0.29, 0.717) is 0 Å². The first-order chi connectivity index (χ1) is 23.8. The maximum Gasteiger partial charge on any atom is 0.143 e. The van der Waals surface area contributed by atoms with Gasteiger partial charge in [0.25, 0.3) is 0 Å². The Hall–Kier alpha value is -6.38. The lowest BCUT2D eigenvalue weighted by Gasteiger charge is -2.19. The van der Waals surface area contributed by atoms with Gasteiger partial charge in [0.2, 0.25) is 0 Å². The lowest BCUT2D eigenvalue weighted by molar-refractivity contribution is 0.618. The van der Waals surface area contributed by atoms with Crippen molar-refractivity contribution in [3.05, 3.63) is 170 Å². The van der Waals surface area contributed by atoms with Crippen molar-refractivity contribution in [1.82, 2.24) is 0 Å². The van der Waals surface area contributed by atoms with Gasteiger partial charge in [-0.25, -0.2) is 0 Å². The molecule has 0 amide bonds. The number of hydrogen-bond acceptors (Lipinski definition) is 2. The summed E-state index contributed by atoms with van der Waals surface area (Å²) < 4.78 is 13.3. The van der Waals surface area contributed by atoms with E-state index in [-0.39, 0.29) is 0 Å². The van der Waals surface area contributed by atoms with Gasteiger partial charge in [-0.2, -0.15) is 0 Å². The molecular formula is C46H28O2. The number of furan rings is 2. The molecule has 48 heavy (non-hydrogen) atoms. The maximum atomic E-state index is 6.65. The standard InChI is InChI=1S/C46H28O2/c1-3-14-29(15-4-1)31-18-13-19-32(26-31)42-33-20-7-9-22-35(33)43(36-23-10-8-21-34(36)42)45-44-37-24-11-12-25-40(37)48-41(44)27-38-39(28-47-46(38)45)30-16-5-2-6-17-30/h1-28H. The molecule has 0 fully saturated rings. The summed E-state index contributed by atoms with van der Waals surface area (Å²) in [4.78, 5) is 0. The minimum atomic E-state index is 0.852. The van der Waals surface area contributed by atoms with E-state index in [1.54, 1.807) is 0 Å². The van der Waals surface area contributed by atoms with Crippen molar-refractivity contribution in [3.63, 3.8) is 0 Å². The van der Waals surface area contributed by atoms with Gasteiger partial charge in [-0.3, -0.25) is 0 Å². The van der Waals surface area contributed by atoms with E-state index >= 15 is 0 Å². The molecular weight excluding hydrogens is 585 g/mol. The lowest BCUT2D eigenvalue weighted by atomic mass is 9.84. The van der Waals surface area contributed by atoms with Gasteiger partial charge in [0.05, 0.1) is 6.26 Å². The Balaban J connectivity index is 1.36. The zero-order valence-electron chi connectivity index (χ0n) is 26.0. The molecule has 0 aliphatic heterocycles. The average Bonchev–Trinajstić information content (AvgIpc) is 3.75. The fourth-order valence-electron chi connectivity index (χ4n) is 7.65. The Morgan fingerprint density at radius 1 is 0.333 bits per heavy atom. The van der Waals surface area contributed by atoms with E-state index in [2.05, 4.69) is 152 Å². The molecule has 10 aromatic rings. The second-order valence-corrected chi connectivity index (χ2v) is 12.4. The molecule has 224 valence electrons. The molecule has 2 heteroatoms. The summed E-state index contributed by atoms with van der Waals surface area (Å²) in [5, 5.41) is 7.93. The zero-order chi connectivity index (χ0) is 31.6. The minimum absolute atomic E-state index is 0.852. The van der Waals surface area contributed by atoms with Gasteiger partial charge < -0.3 is 8.83 Å². The molecule has 0 atom stereocenters. The van der Waals surface area contributed by atoms with E-state index in [9.17, 15) is 0 Å². The predicted octanol–water partition coefficient (Wildman–Crippen LogP) is 13.3. The highest BCUT2D eigenvalue weighted by molar-refractivity contribution is 6.30. The third-order valence-electron chi connectivity index (χ3n) is 9.73. The summed E-state index contributed by atoms with van der Waals surface area (Å²) in [5.41, 5.74) is 11.8. The molecule has 0 radical (unpaired) electrons. The fourth-order valence-corrected chi connectivity index (χ4v) is 7.65. The largest absolute Gasteiger partial charge is 0.463 e. The van der Waals surface area contributed by atoms with Gasteiger partial charge >= 0.3 is 0 Å². The molecule has 0 unspecified atom stereocenters. The summed E-state index contributed by atoms with van der Waals surface area (Å²) in [6.45, 7) is 0. The van der Waals surface area contributed by atoms with Gasteiger partial charge in [-0.15, -0.1) is 0 Å². The van der Waals surface area contributed by atoms with Crippen molar-refractivity contribution in [2.75, 3.05) is 0 Å². The van der Waals surface area contributed by atoms with Crippen LogP contribution in [0, 0.1) is 0 Å². The summed E-state index contributed by atoms with van der Waals surface area (Å²) in [6.07, 6.45) is 1.90. The van der Waals surface area contributed by atoms with Crippen molar-refractivity contribution in [1.29, 1.82) is 0 Å². The molecule has 2 heterocycles. The maximum absolute atomic E-state index is 6.65. The molecule has 8 aromatic carbocycles. The van der Waals surface area contributed by atoms with Gasteiger partial charge in [0.15, 0.2) is 0 Å². The van der Waals surface area contributed by atoms with Crippen LogP contribution >= 0.6 is 0 Å². The van der Waals surface area contributed by atoms with Gasteiger partial charge in [-0.1, -0.05) is 146 Å². The van der Waals surface area contributed by atoms with Crippen LogP contribution in [0.15, 0.2) is 179 Å². The average molecular weight is 613 g/mol. The van der Waals surface area contributed by atoms with Crippen LogP contribution < -0.4 is 0 Å². The highest BCUT2D eigenvalue weighted by Gasteiger charge is 2.25. The molecule has 2 aromatic heterocycles. The van der Waals surface area contributed by atoms with Crippen molar-refractivity contribution in [3.8, 4) is 44.5 Å². The Morgan fingerprint density at radius 3 is 1.56 bits per heavy atom. The smallest absolute Gasteiger partial charge is 0.143 e. The van der Waals surface area contributed by atoms with Crippen molar-refractivity contribution >= 4 is 54.5 Å². The lowest BCUT2D eigenvalue weighted by Crippen LogP contribution is -1.92. The van der Waals surface area contributed by atoms with Crippen LogP contribution in [-0.4, -0.2) is 0 Å². The van der Waals surface area contributed by atoms with Crippen LogP contribution in [0.25, 0.3) is 99.0 Å². The Kier molecular flexibility index (Phi) is 5.91. The van der Waals surface area contributed by atoms with E-state index < -0.39 is 0 Å². The molecule has 0 N–H and O–H groups in total.